The molecule has 5 rings (SSSR count). The molecule has 1 atom stereocenters. The van der Waals surface area contributed by atoms with Crippen LogP contribution in [0.4, 0.5) is 0 Å². The maximum atomic E-state index is 12.9. The molecule has 1 unspecified atom stereocenters. The minimum atomic E-state index is -0.619. The minimum Gasteiger partial charge on any atom is -0.332 e. The molecule has 2 aromatic heterocycles. The lowest BCUT2D eigenvalue weighted by atomic mass is 10.0. The largest absolute Gasteiger partial charge is 0.332 e. The number of nitrogens with zero attached hydrogens (tertiary/aromatic N) is 4. The average molecular weight is 390 g/mol. The Hall–Kier alpha value is -3.75. The molecule has 3 amide bonds. The first-order valence-corrected chi connectivity index (χ1v) is 9.32. The third-order valence-electron chi connectivity index (χ3n) is 5.49. The van der Waals surface area contributed by atoms with E-state index in [-0.39, 0.29) is 18.2 Å². The van der Waals surface area contributed by atoms with Gasteiger partial charge in [0.2, 0.25) is 11.8 Å². The van der Waals surface area contributed by atoms with Crippen LogP contribution in [0, 0.1) is 0 Å². The summed E-state index contributed by atoms with van der Waals surface area (Å²) < 4.78 is 1.91. The van der Waals surface area contributed by atoms with Crippen molar-refractivity contribution in [1.29, 1.82) is 0 Å². The molecule has 3 aromatic rings. The number of carbonyl (C=O) groups excluding carboxylic acids is 3. The fourth-order valence-corrected chi connectivity index (χ4v) is 4.07. The van der Waals surface area contributed by atoms with Crippen molar-refractivity contribution in [3.63, 3.8) is 0 Å². The van der Waals surface area contributed by atoms with E-state index in [1.54, 1.807) is 23.5 Å². The van der Waals surface area contributed by atoms with Crippen molar-refractivity contribution in [1.82, 2.24) is 30.0 Å². The number of fused-ring (bicyclic) bond motifs is 1. The van der Waals surface area contributed by atoms with Crippen LogP contribution in [0.3, 0.4) is 0 Å². The number of imide groups is 1. The zero-order valence-electron chi connectivity index (χ0n) is 15.7. The van der Waals surface area contributed by atoms with Crippen molar-refractivity contribution in [2.24, 2.45) is 7.05 Å². The fourth-order valence-electron chi connectivity index (χ4n) is 4.07. The Morgan fingerprint density at radius 3 is 2.79 bits per heavy atom. The molecular formula is C20H18N6O3. The van der Waals surface area contributed by atoms with Crippen molar-refractivity contribution in [2.45, 2.75) is 25.4 Å². The second-order valence-electron chi connectivity index (χ2n) is 7.29. The molecule has 1 aromatic carbocycles. The number of aromatic nitrogens is 4. The van der Waals surface area contributed by atoms with Crippen LogP contribution in [0.15, 0.2) is 36.8 Å². The maximum Gasteiger partial charge on any atom is 0.255 e. The molecule has 0 spiro atoms. The SMILES string of the molecule is Cn1cnc(-c2ccc3c(c2)CN(C2CCC(=O)NC2=O)C3=O)c1-c1ccn[nH]1. The van der Waals surface area contributed by atoms with Crippen LogP contribution in [0.2, 0.25) is 0 Å². The lowest BCUT2D eigenvalue weighted by Crippen LogP contribution is -2.52. The molecule has 0 saturated carbocycles. The number of aromatic amines is 1. The molecule has 4 heterocycles. The molecule has 2 aliphatic rings. The van der Waals surface area contributed by atoms with E-state index in [0.29, 0.717) is 18.5 Å². The van der Waals surface area contributed by atoms with E-state index in [4.69, 9.17) is 0 Å². The summed E-state index contributed by atoms with van der Waals surface area (Å²) in [6, 6.07) is 6.85. The van der Waals surface area contributed by atoms with Crippen molar-refractivity contribution in [3.05, 3.63) is 47.9 Å². The summed E-state index contributed by atoms with van der Waals surface area (Å²) in [5, 5.41) is 9.30. The monoisotopic (exact) mass is 390 g/mol. The number of nitrogens with one attached hydrogen (secondary N) is 2. The van der Waals surface area contributed by atoms with Gasteiger partial charge in [-0.25, -0.2) is 4.98 Å². The molecule has 29 heavy (non-hydrogen) atoms. The van der Waals surface area contributed by atoms with E-state index in [1.165, 1.54) is 0 Å². The number of benzene rings is 1. The number of hydrogen-bond acceptors (Lipinski definition) is 5. The van der Waals surface area contributed by atoms with Gasteiger partial charge in [0.1, 0.15) is 6.04 Å². The van der Waals surface area contributed by atoms with Gasteiger partial charge < -0.3 is 9.47 Å². The topological polar surface area (TPSA) is 113 Å². The van der Waals surface area contributed by atoms with Gasteiger partial charge in [0.05, 0.1) is 23.4 Å². The number of hydrogen-bond donors (Lipinski definition) is 2. The van der Waals surface area contributed by atoms with E-state index in [1.807, 2.05) is 29.8 Å². The van der Waals surface area contributed by atoms with Gasteiger partial charge in [0.25, 0.3) is 5.91 Å². The highest BCUT2D eigenvalue weighted by Crippen LogP contribution is 2.34. The van der Waals surface area contributed by atoms with Crippen molar-refractivity contribution < 1.29 is 14.4 Å². The van der Waals surface area contributed by atoms with E-state index < -0.39 is 11.9 Å². The van der Waals surface area contributed by atoms with Gasteiger partial charge in [-0.05, 0) is 30.2 Å². The Morgan fingerprint density at radius 1 is 1.17 bits per heavy atom. The third-order valence-corrected chi connectivity index (χ3v) is 5.49. The minimum absolute atomic E-state index is 0.184. The summed E-state index contributed by atoms with van der Waals surface area (Å²) in [5.74, 6) is -0.885. The van der Waals surface area contributed by atoms with Crippen molar-refractivity contribution >= 4 is 17.7 Å². The predicted molar refractivity (Wildman–Crippen MR) is 102 cm³/mol. The lowest BCUT2D eigenvalue weighted by molar-refractivity contribution is -0.136. The highest BCUT2D eigenvalue weighted by atomic mass is 16.2. The van der Waals surface area contributed by atoms with E-state index >= 15 is 0 Å². The number of carbonyl (C=O) groups is 3. The number of piperidine rings is 1. The number of H-pyrrole nitrogens is 1. The zero-order valence-corrected chi connectivity index (χ0v) is 15.7. The van der Waals surface area contributed by atoms with Crippen LogP contribution in [-0.2, 0) is 23.2 Å². The van der Waals surface area contributed by atoms with Gasteiger partial charge in [-0.2, -0.15) is 5.10 Å². The summed E-state index contributed by atoms with van der Waals surface area (Å²) in [4.78, 5) is 42.6. The normalized spacial score (nSPS) is 18.9. The molecule has 0 aliphatic carbocycles. The van der Waals surface area contributed by atoms with Crippen LogP contribution >= 0.6 is 0 Å². The first-order chi connectivity index (χ1) is 14.0. The fraction of sp³-hybridized carbons (Fsp3) is 0.250. The molecule has 1 saturated heterocycles. The number of amides is 3. The summed E-state index contributed by atoms with van der Waals surface area (Å²) in [7, 11) is 1.91. The van der Waals surface area contributed by atoms with E-state index in [9.17, 15) is 14.4 Å². The van der Waals surface area contributed by atoms with Crippen LogP contribution in [-0.4, -0.2) is 48.4 Å². The Bertz CT molecular complexity index is 1150. The molecule has 2 N–H and O–H groups in total. The maximum absolute atomic E-state index is 12.9. The average Bonchev–Trinajstić information content (AvgIpc) is 3.41. The van der Waals surface area contributed by atoms with Gasteiger partial charge >= 0.3 is 0 Å². The van der Waals surface area contributed by atoms with Crippen LogP contribution < -0.4 is 5.32 Å². The van der Waals surface area contributed by atoms with Gasteiger partial charge in [-0.3, -0.25) is 24.8 Å². The molecule has 0 radical (unpaired) electrons. The summed E-state index contributed by atoms with van der Waals surface area (Å²) in [6.07, 6.45) is 4.01. The molecule has 9 heteroatoms. The Kier molecular flexibility index (Phi) is 3.83. The van der Waals surface area contributed by atoms with Gasteiger partial charge in [-0.1, -0.05) is 6.07 Å². The second kappa shape index (κ2) is 6.40. The second-order valence-corrected chi connectivity index (χ2v) is 7.29. The first-order valence-electron chi connectivity index (χ1n) is 9.32. The number of imidazole rings is 1. The highest BCUT2D eigenvalue weighted by molar-refractivity contribution is 6.05. The van der Waals surface area contributed by atoms with E-state index in [0.717, 1.165) is 28.2 Å². The predicted octanol–water partition coefficient (Wildman–Crippen LogP) is 1.24. The Labute approximate surface area is 165 Å². The molecule has 0 bridgehead atoms. The van der Waals surface area contributed by atoms with E-state index in [2.05, 4.69) is 20.5 Å². The number of rotatable bonds is 3. The van der Waals surface area contributed by atoms with Crippen LogP contribution in [0.1, 0.15) is 28.8 Å². The van der Waals surface area contributed by atoms with Gasteiger partial charge in [-0.15, -0.1) is 0 Å². The smallest absolute Gasteiger partial charge is 0.255 e. The molecule has 2 aliphatic heterocycles. The van der Waals surface area contributed by atoms with Crippen molar-refractivity contribution in [3.8, 4) is 22.6 Å². The summed E-state index contributed by atoms with van der Waals surface area (Å²) in [6.45, 7) is 0.334. The summed E-state index contributed by atoms with van der Waals surface area (Å²) >= 11 is 0. The number of aryl methyl sites for hydroxylation is 1. The molecule has 146 valence electrons. The van der Waals surface area contributed by atoms with Crippen molar-refractivity contribution in [2.75, 3.05) is 0 Å². The van der Waals surface area contributed by atoms with Gasteiger partial charge in [0, 0.05) is 37.3 Å². The quantitative estimate of drug-likeness (QED) is 0.654. The van der Waals surface area contributed by atoms with Crippen LogP contribution in [0.25, 0.3) is 22.6 Å². The highest BCUT2D eigenvalue weighted by Gasteiger charge is 2.39. The standard InChI is InChI=1S/C20H18N6O3/c1-25-10-21-17(18(25)14-6-7-22-24-14)11-2-3-13-12(8-11)9-26(20(13)29)15-4-5-16(27)23-19(15)28/h2-3,6-8,10,15H,4-5,9H2,1H3,(H,22,24)(H,23,27,28). The first kappa shape index (κ1) is 17.4. The zero-order chi connectivity index (χ0) is 20.1. The lowest BCUT2D eigenvalue weighted by Gasteiger charge is -2.29. The van der Waals surface area contributed by atoms with Crippen LogP contribution in [0.5, 0.6) is 0 Å². The molecule has 1 fully saturated rings. The Morgan fingerprint density at radius 2 is 2.03 bits per heavy atom. The Balaban J connectivity index is 1.49. The summed E-state index contributed by atoms with van der Waals surface area (Å²) in [5.41, 5.74) is 4.84. The third kappa shape index (κ3) is 2.74. The van der Waals surface area contributed by atoms with Gasteiger partial charge in [0.15, 0.2) is 0 Å². The molecule has 9 nitrogen and oxygen atoms in total. The molecular weight excluding hydrogens is 372 g/mol.